The molecule has 0 radical (unpaired) electrons. The van der Waals surface area contributed by atoms with Gasteiger partial charge in [-0.1, -0.05) is 32.0 Å². The number of benzene rings is 2. The number of hydrogen-bond donors (Lipinski definition) is 1. The second kappa shape index (κ2) is 11.6. The van der Waals surface area contributed by atoms with Crippen molar-refractivity contribution < 1.29 is 19.1 Å². The van der Waals surface area contributed by atoms with Gasteiger partial charge in [0.15, 0.2) is 6.61 Å². The molecule has 32 heavy (non-hydrogen) atoms. The maximum Gasteiger partial charge on any atom is 0.261 e. The molecular weight excluding hydrogens is 404 g/mol. The van der Waals surface area contributed by atoms with Crippen LogP contribution in [0, 0.1) is 26.7 Å². The van der Waals surface area contributed by atoms with Crippen LogP contribution in [0.4, 0.5) is 0 Å². The molecule has 174 valence electrons. The minimum atomic E-state index is -0.632. The molecule has 2 amide bonds. The molecule has 0 aromatic heterocycles. The molecule has 0 aliphatic heterocycles. The molecule has 6 heteroatoms. The molecule has 0 fully saturated rings. The summed E-state index contributed by atoms with van der Waals surface area (Å²) in [4.78, 5) is 27.5. The molecule has 0 unspecified atom stereocenters. The van der Waals surface area contributed by atoms with E-state index in [1.807, 2.05) is 65.0 Å². The number of hydrogen-bond acceptors (Lipinski definition) is 4. The zero-order chi connectivity index (χ0) is 23.8. The van der Waals surface area contributed by atoms with E-state index in [9.17, 15) is 9.59 Å². The lowest BCUT2D eigenvalue weighted by Crippen LogP contribution is -2.49. The van der Waals surface area contributed by atoms with Gasteiger partial charge >= 0.3 is 0 Å². The quantitative estimate of drug-likeness (QED) is 0.602. The highest BCUT2D eigenvalue weighted by Gasteiger charge is 2.26. The number of nitrogens with one attached hydrogen (secondary N) is 1. The number of rotatable bonds is 10. The van der Waals surface area contributed by atoms with Gasteiger partial charge in [-0.05, 0) is 74.1 Å². The van der Waals surface area contributed by atoms with Gasteiger partial charge in [0.1, 0.15) is 17.5 Å². The average Bonchev–Trinajstić information content (AvgIpc) is 2.76. The van der Waals surface area contributed by atoms with Gasteiger partial charge < -0.3 is 19.7 Å². The van der Waals surface area contributed by atoms with Crippen LogP contribution >= 0.6 is 0 Å². The second-order valence-corrected chi connectivity index (χ2v) is 8.68. The molecule has 0 aliphatic rings. The van der Waals surface area contributed by atoms with Crippen molar-refractivity contribution in [2.75, 3.05) is 20.3 Å². The fourth-order valence-electron chi connectivity index (χ4n) is 3.34. The van der Waals surface area contributed by atoms with Gasteiger partial charge in [-0.15, -0.1) is 0 Å². The predicted octanol–water partition coefficient (Wildman–Crippen LogP) is 4.19. The van der Waals surface area contributed by atoms with Crippen molar-refractivity contribution in [1.29, 1.82) is 0 Å². The molecule has 2 aromatic carbocycles. The lowest BCUT2D eigenvalue weighted by atomic mass is 10.1. The third-order valence-corrected chi connectivity index (χ3v) is 5.48. The Labute approximate surface area is 191 Å². The van der Waals surface area contributed by atoms with Crippen LogP contribution in [-0.4, -0.2) is 43.0 Å². The van der Waals surface area contributed by atoms with Crippen LogP contribution in [0.25, 0.3) is 0 Å². The Hall–Kier alpha value is -3.02. The van der Waals surface area contributed by atoms with Gasteiger partial charge in [-0.25, -0.2) is 0 Å². The molecule has 6 nitrogen and oxygen atoms in total. The summed E-state index contributed by atoms with van der Waals surface area (Å²) in [6.07, 6.45) is 0. The summed E-state index contributed by atoms with van der Waals surface area (Å²) < 4.78 is 11.1. The first-order chi connectivity index (χ1) is 15.1. The lowest BCUT2D eigenvalue weighted by molar-refractivity contribution is -0.142. The summed E-state index contributed by atoms with van der Waals surface area (Å²) in [5.41, 5.74) is 4.11. The van der Waals surface area contributed by atoms with E-state index in [4.69, 9.17) is 9.47 Å². The lowest BCUT2D eigenvalue weighted by Gasteiger charge is -2.29. The van der Waals surface area contributed by atoms with Crippen molar-refractivity contribution in [2.45, 2.75) is 54.1 Å². The Balaban J connectivity index is 2.19. The normalized spacial score (nSPS) is 11.8. The highest BCUT2D eigenvalue weighted by atomic mass is 16.5. The summed E-state index contributed by atoms with van der Waals surface area (Å²) in [6.45, 7) is 12.5. The largest absolute Gasteiger partial charge is 0.497 e. The summed E-state index contributed by atoms with van der Waals surface area (Å²) in [5, 5.41) is 2.93. The first-order valence-corrected chi connectivity index (χ1v) is 11.0. The van der Waals surface area contributed by atoms with Crippen LogP contribution in [0.2, 0.25) is 0 Å². The Morgan fingerprint density at radius 2 is 1.69 bits per heavy atom. The zero-order valence-corrected chi connectivity index (χ0v) is 20.3. The number of ether oxygens (including phenoxy) is 2. The molecule has 0 aliphatic carbocycles. The van der Waals surface area contributed by atoms with E-state index >= 15 is 0 Å². The van der Waals surface area contributed by atoms with Crippen LogP contribution in [0.5, 0.6) is 11.5 Å². The Kier molecular flexibility index (Phi) is 9.12. The van der Waals surface area contributed by atoms with Crippen molar-refractivity contribution in [3.05, 3.63) is 58.7 Å². The Bertz CT molecular complexity index is 922. The van der Waals surface area contributed by atoms with Crippen molar-refractivity contribution in [3.8, 4) is 11.5 Å². The van der Waals surface area contributed by atoms with E-state index in [0.717, 1.165) is 28.0 Å². The van der Waals surface area contributed by atoms with Gasteiger partial charge in [0.25, 0.3) is 5.91 Å². The average molecular weight is 441 g/mol. The number of aryl methyl sites for hydroxylation is 2. The van der Waals surface area contributed by atoms with Gasteiger partial charge in [-0.2, -0.15) is 0 Å². The number of carbonyl (C=O) groups is 2. The standard InChI is InChI=1S/C26H36N2O4/c1-17(2)14-27-26(30)21(6)28(15-22-8-10-23(31-7)11-9-22)25(29)16-32-24-13-18(3)12-19(4)20(24)5/h8-13,17,21H,14-16H2,1-7H3,(H,27,30)/t21-/m1/s1. The van der Waals surface area contributed by atoms with Gasteiger partial charge in [0.2, 0.25) is 5.91 Å². The van der Waals surface area contributed by atoms with Gasteiger partial charge in [-0.3, -0.25) is 9.59 Å². The number of nitrogens with zero attached hydrogens (tertiary/aromatic N) is 1. The third kappa shape index (κ3) is 7.01. The van der Waals surface area contributed by atoms with E-state index in [1.165, 1.54) is 0 Å². The molecule has 0 spiro atoms. The molecule has 0 saturated heterocycles. The predicted molar refractivity (Wildman–Crippen MR) is 127 cm³/mol. The van der Waals surface area contributed by atoms with Crippen molar-refractivity contribution >= 4 is 11.8 Å². The fourth-order valence-corrected chi connectivity index (χ4v) is 3.34. The van der Waals surface area contributed by atoms with Crippen LogP contribution in [0.3, 0.4) is 0 Å². The third-order valence-electron chi connectivity index (χ3n) is 5.48. The summed E-state index contributed by atoms with van der Waals surface area (Å²) in [5.74, 6) is 1.34. The highest BCUT2D eigenvalue weighted by molar-refractivity contribution is 5.88. The fraction of sp³-hybridized carbons (Fsp3) is 0.462. The molecule has 0 bridgehead atoms. The summed E-state index contributed by atoms with van der Waals surface area (Å²) in [6, 6.07) is 10.9. The van der Waals surface area contributed by atoms with Gasteiger partial charge in [0.05, 0.1) is 7.11 Å². The van der Waals surface area contributed by atoms with E-state index in [0.29, 0.717) is 24.8 Å². The van der Waals surface area contributed by atoms with E-state index in [-0.39, 0.29) is 18.4 Å². The molecular formula is C26H36N2O4. The van der Waals surface area contributed by atoms with Crippen molar-refractivity contribution in [3.63, 3.8) is 0 Å². The van der Waals surface area contributed by atoms with Crippen LogP contribution < -0.4 is 14.8 Å². The summed E-state index contributed by atoms with van der Waals surface area (Å²) >= 11 is 0. The molecule has 1 N–H and O–H groups in total. The topological polar surface area (TPSA) is 67.9 Å². The van der Waals surface area contributed by atoms with Crippen molar-refractivity contribution in [1.82, 2.24) is 10.2 Å². The first-order valence-electron chi connectivity index (χ1n) is 11.0. The van der Waals surface area contributed by atoms with E-state index < -0.39 is 6.04 Å². The number of carbonyl (C=O) groups excluding carboxylic acids is 2. The van der Waals surface area contributed by atoms with Gasteiger partial charge in [0, 0.05) is 13.1 Å². The monoisotopic (exact) mass is 440 g/mol. The van der Waals surface area contributed by atoms with E-state index in [2.05, 4.69) is 11.4 Å². The molecule has 1 atom stereocenters. The second-order valence-electron chi connectivity index (χ2n) is 8.68. The molecule has 2 rings (SSSR count). The minimum Gasteiger partial charge on any atom is -0.497 e. The van der Waals surface area contributed by atoms with Crippen LogP contribution in [0.1, 0.15) is 43.0 Å². The molecule has 0 saturated carbocycles. The maximum atomic E-state index is 13.2. The highest BCUT2D eigenvalue weighted by Crippen LogP contribution is 2.23. The minimum absolute atomic E-state index is 0.137. The molecule has 2 aromatic rings. The zero-order valence-electron chi connectivity index (χ0n) is 20.3. The van der Waals surface area contributed by atoms with Crippen LogP contribution in [-0.2, 0) is 16.1 Å². The number of amides is 2. The smallest absolute Gasteiger partial charge is 0.261 e. The Morgan fingerprint density at radius 1 is 1.03 bits per heavy atom. The summed E-state index contributed by atoms with van der Waals surface area (Å²) in [7, 11) is 1.61. The van der Waals surface area contributed by atoms with Crippen LogP contribution in [0.15, 0.2) is 36.4 Å². The number of methoxy groups -OCH3 is 1. The Morgan fingerprint density at radius 3 is 2.28 bits per heavy atom. The maximum absolute atomic E-state index is 13.2. The SMILES string of the molecule is COc1ccc(CN(C(=O)COc2cc(C)cc(C)c2C)[C@H](C)C(=O)NCC(C)C)cc1. The van der Waals surface area contributed by atoms with Crippen molar-refractivity contribution in [2.24, 2.45) is 5.92 Å². The molecule has 0 heterocycles. The van der Waals surface area contributed by atoms with E-state index in [1.54, 1.807) is 18.9 Å². The first kappa shape index (κ1) is 25.2.